The highest BCUT2D eigenvalue weighted by Crippen LogP contribution is 2.25. The minimum absolute atomic E-state index is 0.0255. The number of anilines is 1. The minimum atomic E-state index is -0.702. The minimum Gasteiger partial charge on any atom is -0.339 e. The third-order valence-corrected chi connectivity index (χ3v) is 4.56. The van der Waals surface area contributed by atoms with Crippen LogP contribution in [0.15, 0.2) is 18.2 Å². The number of amides is 4. The first-order valence-electron chi connectivity index (χ1n) is 8.15. The lowest BCUT2D eigenvalue weighted by Crippen LogP contribution is -2.50. The predicted octanol–water partition coefficient (Wildman–Crippen LogP) is 1.32. The van der Waals surface area contributed by atoms with Crippen LogP contribution in [0.4, 0.5) is 14.9 Å². The zero-order valence-corrected chi connectivity index (χ0v) is 13.5. The molecule has 132 valence electrons. The van der Waals surface area contributed by atoms with E-state index in [4.69, 9.17) is 0 Å². The van der Waals surface area contributed by atoms with Crippen molar-refractivity contribution < 1.29 is 23.6 Å². The number of halogens is 1. The number of hydrogen-bond donors (Lipinski definition) is 1. The molecular weight excluding hydrogens is 329 g/mol. The van der Waals surface area contributed by atoms with Gasteiger partial charge in [0, 0.05) is 37.5 Å². The first-order valence-corrected chi connectivity index (χ1v) is 8.15. The van der Waals surface area contributed by atoms with Gasteiger partial charge in [-0.15, -0.1) is 0 Å². The van der Waals surface area contributed by atoms with E-state index in [9.17, 15) is 23.6 Å². The molecule has 1 aromatic rings. The van der Waals surface area contributed by atoms with Gasteiger partial charge in [-0.3, -0.25) is 19.8 Å². The smallest absolute Gasteiger partial charge is 0.328 e. The summed E-state index contributed by atoms with van der Waals surface area (Å²) >= 11 is 0. The molecule has 25 heavy (non-hydrogen) atoms. The number of piperidine rings is 1. The summed E-state index contributed by atoms with van der Waals surface area (Å²) in [6, 6.07) is 3.15. The van der Waals surface area contributed by atoms with Crippen LogP contribution >= 0.6 is 0 Å². The number of rotatable bonds is 3. The van der Waals surface area contributed by atoms with Gasteiger partial charge in [-0.25, -0.2) is 9.18 Å². The Balaban J connectivity index is 1.79. The van der Waals surface area contributed by atoms with Crippen LogP contribution in [0.2, 0.25) is 0 Å². The number of likely N-dealkylation sites (tertiary alicyclic amines) is 1. The van der Waals surface area contributed by atoms with Crippen molar-refractivity contribution in [3.63, 3.8) is 0 Å². The predicted molar refractivity (Wildman–Crippen MR) is 86.6 cm³/mol. The van der Waals surface area contributed by atoms with Crippen molar-refractivity contribution in [3.8, 4) is 0 Å². The first kappa shape index (κ1) is 17.1. The highest BCUT2D eigenvalue weighted by atomic mass is 19.1. The molecule has 0 aliphatic carbocycles. The Labute approximate surface area is 143 Å². The van der Waals surface area contributed by atoms with Gasteiger partial charge in [-0.05, 0) is 31.0 Å². The van der Waals surface area contributed by atoms with Gasteiger partial charge < -0.3 is 9.69 Å². The van der Waals surface area contributed by atoms with E-state index in [0.717, 1.165) is 17.3 Å². The number of carbonyl (C=O) groups is 4. The molecule has 0 unspecified atom stereocenters. The van der Waals surface area contributed by atoms with Gasteiger partial charge in [-0.1, -0.05) is 0 Å². The molecule has 2 aliphatic rings. The lowest BCUT2D eigenvalue weighted by Gasteiger charge is -2.30. The van der Waals surface area contributed by atoms with Crippen molar-refractivity contribution in [3.05, 3.63) is 29.6 Å². The molecule has 0 bridgehead atoms. The molecule has 4 amide bonds. The third-order valence-electron chi connectivity index (χ3n) is 4.56. The van der Waals surface area contributed by atoms with Crippen LogP contribution in [0.5, 0.6) is 0 Å². The number of hydrogen-bond acceptors (Lipinski definition) is 4. The number of urea groups is 1. The van der Waals surface area contributed by atoms with E-state index in [1.54, 1.807) is 4.90 Å². The SMILES string of the molecule is O=CC1CCN(C(=O)c2ccc(F)c(N3CCC(=O)NC3=O)c2)CC1. The highest BCUT2D eigenvalue weighted by Gasteiger charge is 2.28. The molecule has 2 saturated heterocycles. The zero-order chi connectivity index (χ0) is 18.0. The van der Waals surface area contributed by atoms with E-state index < -0.39 is 17.8 Å². The van der Waals surface area contributed by atoms with E-state index in [-0.39, 0.29) is 36.0 Å². The van der Waals surface area contributed by atoms with Crippen molar-refractivity contribution in [2.24, 2.45) is 5.92 Å². The number of imide groups is 1. The van der Waals surface area contributed by atoms with Gasteiger partial charge in [0.05, 0.1) is 5.69 Å². The molecule has 1 aromatic carbocycles. The lowest BCUT2D eigenvalue weighted by atomic mass is 9.98. The van der Waals surface area contributed by atoms with Crippen LogP contribution < -0.4 is 10.2 Å². The van der Waals surface area contributed by atoms with E-state index in [1.165, 1.54) is 12.1 Å². The number of nitrogens with one attached hydrogen (secondary N) is 1. The largest absolute Gasteiger partial charge is 0.339 e. The molecule has 8 heteroatoms. The molecule has 0 atom stereocenters. The van der Waals surface area contributed by atoms with Crippen molar-refractivity contribution in [1.29, 1.82) is 0 Å². The zero-order valence-electron chi connectivity index (χ0n) is 13.5. The van der Waals surface area contributed by atoms with E-state index in [1.807, 2.05) is 0 Å². The summed E-state index contributed by atoms with van der Waals surface area (Å²) in [5, 5.41) is 2.13. The highest BCUT2D eigenvalue weighted by molar-refractivity contribution is 6.06. The molecular formula is C17H18FN3O4. The number of carbonyl (C=O) groups excluding carboxylic acids is 4. The summed E-state index contributed by atoms with van der Waals surface area (Å²) in [5.74, 6) is -1.34. The molecule has 2 fully saturated rings. The maximum absolute atomic E-state index is 14.2. The monoisotopic (exact) mass is 347 g/mol. The number of nitrogens with zero attached hydrogens (tertiary/aromatic N) is 2. The average Bonchev–Trinajstić information content (AvgIpc) is 2.62. The second-order valence-corrected chi connectivity index (χ2v) is 6.19. The molecule has 3 rings (SSSR count). The van der Waals surface area contributed by atoms with Crippen LogP contribution in [-0.2, 0) is 9.59 Å². The maximum Gasteiger partial charge on any atom is 0.328 e. The Morgan fingerprint density at radius 3 is 2.56 bits per heavy atom. The van der Waals surface area contributed by atoms with Gasteiger partial charge >= 0.3 is 6.03 Å². The number of aldehydes is 1. The van der Waals surface area contributed by atoms with Crippen LogP contribution in [0, 0.1) is 11.7 Å². The third kappa shape index (κ3) is 3.52. The normalized spacial score (nSPS) is 18.9. The molecule has 2 aliphatic heterocycles. The Kier molecular flexibility index (Phi) is 4.78. The van der Waals surface area contributed by atoms with Gasteiger partial charge in [0.25, 0.3) is 5.91 Å². The second kappa shape index (κ2) is 7.00. The van der Waals surface area contributed by atoms with Gasteiger partial charge in [0.1, 0.15) is 12.1 Å². The summed E-state index contributed by atoms with van der Waals surface area (Å²) in [5.41, 5.74) is 0.240. The Morgan fingerprint density at radius 1 is 1.20 bits per heavy atom. The molecule has 2 heterocycles. The summed E-state index contributed by atoms with van der Waals surface area (Å²) in [7, 11) is 0. The van der Waals surface area contributed by atoms with Crippen molar-refractivity contribution >= 4 is 29.8 Å². The average molecular weight is 347 g/mol. The fourth-order valence-corrected chi connectivity index (χ4v) is 3.07. The summed E-state index contributed by atoms with van der Waals surface area (Å²) in [6.45, 7) is 0.991. The molecule has 7 nitrogen and oxygen atoms in total. The van der Waals surface area contributed by atoms with Gasteiger partial charge in [0.15, 0.2) is 0 Å². The fourth-order valence-electron chi connectivity index (χ4n) is 3.07. The Bertz CT molecular complexity index is 729. The van der Waals surface area contributed by atoms with Crippen LogP contribution in [0.25, 0.3) is 0 Å². The Morgan fingerprint density at radius 2 is 1.92 bits per heavy atom. The first-order chi connectivity index (χ1) is 12.0. The summed E-state index contributed by atoms with van der Waals surface area (Å²) in [4.78, 5) is 49.3. The quantitative estimate of drug-likeness (QED) is 0.836. The lowest BCUT2D eigenvalue weighted by molar-refractivity contribution is -0.120. The van der Waals surface area contributed by atoms with Crippen LogP contribution in [0.1, 0.15) is 29.6 Å². The fraction of sp³-hybridized carbons (Fsp3) is 0.412. The van der Waals surface area contributed by atoms with E-state index in [0.29, 0.717) is 25.9 Å². The van der Waals surface area contributed by atoms with Crippen LogP contribution in [0.3, 0.4) is 0 Å². The molecule has 0 spiro atoms. The second-order valence-electron chi connectivity index (χ2n) is 6.19. The van der Waals surface area contributed by atoms with Crippen molar-refractivity contribution in [2.45, 2.75) is 19.3 Å². The van der Waals surface area contributed by atoms with Crippen LogP contribution in [-0.4, -0.2) is 48.7 Å². The van der Waals surface area contributed by atoms with E-state index >= 15 is 0 Å². The standard InChI is InChI=1S/C17H18FN3O4/c18-13-2-1-12(16(24)20-6-3-11(10-22)4-7-20)9-14(13)21-8-5-15(23)19-17(21)25/h1-2,9-11H,3-8H2,(H,19,23,25). The molecule has 1 N–H and O–H groups in total. The topological polar surface area (TPSA) is 86.8 Å². The molecule has 0 radical (unpaired) electrons. The summed E-state index contributed by atoms with van der Waals surface area (Å²) < 4.78 is 14.2. The van der Waals surface area contributed by atoms with E-state index in [2.05, 4.69) is 5.32 Å². The maximum atomic E-state index is 14.2. The van der Waals surface area contributed by atoms with Crippen molar-refractivity contribution in [2.75, 3.05) is 24.5 Å². The molecule has 0 aromatic heterocycles. The summed E-state index contributed by atoms with van der Waals surface area (Å²) in [6.07, 6.45) is 2.20. The number of benzene rings is 1. The van der Waals surface area contributed by atoms with Crippen molar-refractivity contribution in [1.82, 2.24) is 10.2 Å². The van der Waals surface area contributed by atoms with Gasteiger partial charge in [-0.2, -0.15) is 0 Å². The molecule has 0 saturated carbocycles. The van der Waals surface area contributed by atoms with Gasteiger partial charge in [0.2, 0.25) is 5.91 Å². The Hall–Kier alpha value is -2.77.